The van der Waals surface area contributed by atoms with Crippen LogP contribution in [0.4, 0.5) is 15.9 Å². The number of hydrogen-bond donors (Lipinski definition) is 0. The molecule has 5 rings (SSSR count). The molecule has 0 atom stereocenters. The number of thioether (sulfide) groups is 1. The summed E-state index contributed by atoms with van der Waals surface area (Å²) >= 11 is 1.59. The van der Waals surface area contributed by atoms with Crippen molar-refractivity contribution in [2.45, 2.75) is 37.6 Å². The van der Waals surface area contributed by atoms with Gasteiger partial charge in [0.1, 0.15) is 11.6 Å². The number of piperazine rings is 1. The summed E-state index contributed by atoms with van der Waals surface area (Å²) in [5.41, 5.74) is 4.56. The summed E-state index contributed by atoms with van der Waals surface area (Å²) in [5.74, 6) is 1.60. The second-order valence-electron chi connectivity index (χ2n) is 9.45. The highest BCUT2D eigenvalue weighted by Crippen LogP contribution is 2.28. The molecule has 0 unspecified atom stereocenters. The molecular weight excluding hydrogens is 473 g/mol. The van der Waals surface area contributed by atoms with Crippen LogP contribution in [-0.2, 0) is 5.75 Å². The summed E-state index contributed by atoms with van der Waals surface area (Å²) in [6.07, 6.45) is 2.18. The number of aromatic nitrogens is 2. The Balaban J connectivity index is 1.26. The van der Waals surface area contributed by atoms with Crippen LogP contribution in [-0.4, -0.2) is 60.0 Å². The molecule has 188 valence electrons. The lowest BCUT2D eigenvalue weighted by molar-refractivity contribution is 0.0792. The number of likely N-dealkylation sites (tertiary alicyclic amines) is 1. The fourth-order valence-corrected chi connectivity index (χ4v) is 5.70. The summed E-state index contributed by atoms with van der Waals surface area (Å²) in [6, 6.07) is 14.9. The van der Waals surface area contributed by atoms with E-state index in [4.69, 9.17) is 9.97 Å². The minimum atomic E-state index is -0.176. The summed E-state index contributed by atoms with van der Waals surface area (Å²) in [5, 5.41) is 0.737. The van der Waals surface area contributed by atoms with E-state index in [1.807, 2.05) is 42.2 Å². The lowest BCUT2D eigenvalue weighted by atomic mass is 10.1. The maximum absolute atomic E-state index is 14.2. The maximum Gasteiger partial charge on any atom is 0.253 e. The Morgan fingerprint density at radius 3 is 2.39 bits per heavy atom. The number of aryl methyl sites for hydroxylation is 1. The SMILES string of the molecule is Cc1nc(SCc2cccc(C(=O)N3CCCC3)c2)nc(N2CCN(c3ccccc3F)CC2)c1C. The van der Waals surface area contributed by atoms with Gasteiger partial charge in [0.2, 0.25) is 0 Å². The standard InChI is InChI=1S/C28H32FN5OS/c1-20-21(2)30-28(36-19-22-8-7-9-23(18-22)27(35)34-12-5-6-13-34)31-26(20)33-16-14-32(15-17-33)25-11-4-3-10-24(25)29/h3-4,7-11,18H,5-6,12-17,19H2,1-2H3. The zero-order valence-electron chi connectivity index (χ0n) is 20.9. The zero-order chi connectivity index (χ0) is 25.1. The van der Waals surface area contributed by atoms with Crippen LogP contribution in [0.3, 0.4) is 0 Å². The highest BCUT2D eigenvalue weighted by atomic mass is 32.2. The molecule has 0 saturated carbocycles. The molecule has 2 aliphatic rings. The van der Waals surface area contributed by atoms with Crippen molar-refractivity contribution in [3.63, 3.8) is 0 Å². The molecule has 6 nitrogen and oxygen atoms in total. The fraction of sp³-hybridized carbons (Fsp3) is 0.393. The van der Waals surface area contributed by atoms with Gasteiger partial charge in [-0.2, -0.15) is 0 Å². The first-order chi connectivity index (χ1) is 17.5. The molecule has 2 aliphatic heterocycles. The molecule has 2 aromatic carbocycles. The van der Waals surface area contributed by atoms with Gasteiger partial charge in [0, 0.05) is 61.8 Å². The van der Waals surface area contributed by atoms with Gasteiger partial charge in [-0.1, -0.05) is 36.0 Å². The summed E-state index contributed by atoms with van der Waals surface area (Å²) < 4.78 is 14.2. The summed E-state index contributed by atoms with van der Waals surface area (Å²) in [7, 11) is 0. The van der Waals surface area contributed by atoms with Gasteiger partial charge < -0.3 is 14.7 Å². The van der Waals surface area contributed by atoms with Crippen LogP contribution in [0.2, 0.25) is 0 Å². The predicted molar refractivity (Wildman–Crippen MR) is 143 cm³/mol. The Hall–Kier alpha value is -3.13. The Labute approximate surface area is 216 Å². The van der Waals surface area contributed by atoms with Crippen LogP contribution < -0.4 is 9.80 Å². The first kappa shape index (κ1) is 24.6. The number of para-hydroxylation sites is 1. The fourth-order valence-electron chi connectivity index (χ4n) is 4.87. The van der Waals surface area contributed by atoms with Crippen LogP contribution in [0.5, 0.6) is 0 Å². The van der Waals surface area contributed by atoms with Gasteiger partial charge in [-0.25, -0.2) is 14.4 Å². The molecule has 3 aromatic rings. The van der Waals surface area contributed by atoms with Gasteiger partial charge in [-0.3, -0.25) is 4.79 Å². The molecule has 1 aromatic heterocycles. The van der Waals surface area contributed by atoms with Gasteiger partial charge in [-0.05, 0) is 56.5 Å². The van der Waals surface area contributed by atoms with E-state index in [0.717, 1.165) is 85.5 Å². The Kier molecular flexibility index (Phi) is 7.41. The Morgan fingerprint density at radius 2 is 1.64 bits per heavy atom. The summed E-state index contributed by atoms with van der Waals surface area (Å²) in [4.78, 5) is 28.7. The van der Waals surface area contributed by atoms with Crippen LogP contribution in [0.15, 0.2) is 53.7 Å². The topological polar surface area (TPSA) is 52.6 Å². The molecule has 0 bridgehead atoms. The molecule has 2 fully saturated rings. The second-order valence-corrected chi connectivity index (χ2v) is 10.4. The van der Waals surface area contributed by atoms with Crippen molar-refractivity contribution >= 4 is 29.2 Å². The lowest BCUT2D eigenvalue weighted by Gasteiger charge is -2.37. The van der Waals surface area contributed by atoms with Crippen LogP contribution in [0.1, 0.15) is 40.0 Å². The molecule has 0 spiro atoms. The second kappa shape index (κ2) is 10.9. The molecule has 1 amide bonds. The largest absolute Gasteiger partial charge is 0.366 e. The number of rotatable bonds is 6. The molecule has 3 heterocycles. The van der Waals surface area contributed by atoms with E-state index in [2.05, 4.69) is 22.8 Å². The number of benzene rings is 2. The first-order valence-corrected chi connectivity index (χ1v) is 13.6. The van der Waals surface area contributed by atoms with Crippen LogP contribution in [0, 0.1) is 19.7 Å². The van der Waals surface area contributed by atoms with Gasteiger partial charge >= 0.3 is 0 Å². The molecule has 0 N–H and O–H groups in total. The molecular formula is C28H32FN5OS. The number of hydrogen-bond acceptors (Lipinski definition) is 6. The lowest BCUT2D eigenvalue weighted by Crippen LogP contribution is -2.47. The van der Waals surface area contributed by atoms with E-state index in [0.29, 0.717) is 11.4 Å². The van der Waals surface area contributed by atoms with Gasteiger partial charge in [0.25, 0.3) is 5.91 Å². The van der Waals surface area contributed by atoms with Gasteiger partial charge in [0.15, 0.2) is 5.16 Å². The predicted octanol–water partition coefficient (Wildman–Crippen LogP) is 5.09. The average molecular weight is 506 g/mol. The minimum absolute atomic E-state index is 0.124. The third kappa shape index (κ3) is 5.33. The molecule has 2 saturated heterocycles. The van der Waals surface area contributed by atoms with Crippen LogP contribution >= 0.6 is 11.8 Å². The van der Waals surface area contributed by atoms with Gasteiger partial charge in [0.05, 0.1) is 5.69 Å². The van der Waals surface area contributed by atoms with E-state index < -0.39 is 0 Å². The highest BCUT2D eigenvalue weighted by Gasteiger charge is 2.23. The van der Waals surface area contributed by atoms with Crippen molar-refractivity contribution < 1.29 is 9.18 Å². The van der Waals surface area contributed by atoms with Crippen LogP contribution in [0.25, 0.3) is 0 Å². The van der Waals surface area contributed by atoms with E-state index in [9.17, 15) is 9.18 Å². The Bertz CT molecular complexity index is 1240. The molecule has 0 radical (unpaired) electrons. The average Bonchev–Trinajstić information content (AvgIpc) is 3.45. The van der Waals surface area contributed by atoms with E-state index in [-0.39, 0.29) is 11.7 Å². The number of carbonyl (C=O) groups is 1. The quantitative estimate of drug-likeness (QED) is 0.344. The number of amides is 1. The molecule has 8 heteroatoms. The van der Waals surface area contributed by atoms with Crippen molar-refractivity contribution in [1.29, 1.82) is 0 Å². The zero-order valence-corrected chi connectivity index (χ0v) is 21.7. The van der Waals surface area contributed by atoms with Crippen molar-refractivity contribution in [3.8, 4) is 0 Å². The van der Waals surface area contributed by atoms with E-state index in [1.54, 1.807) is 17.8 Å². The first-order valence-electron chi connectivity index (χ1n) is 12.6. The van der Waals surface area contributed by atoms with Crippen molar-refractivity contribution in [3.05, 3.63) is 76.7 Å². The Morgan fingerprint density at radius 1 is 0.917 bits per heavy atom. The normalized spacial score (nSPS) is 16.0. The molecule has 0 aliphatic carbocycles. The number of halogens is 1. The third-order valence-electron chi connectivity index (χ3n) is 7.05. The van der Waals surface area contributed by atoms with Gasteiger partial charge in [-0.15, -0.1) is 0 Å². The monoisotopic (exact) mass is 505 g/mol. The minimum Gasteiger partial charge on any atom is -0.366 e. The van der Waals surface area contributed by atoms with E-state index in [1.165, 1.54) is 6.07 Å². The number of nitrogens with zero attached hydrogens (tertiary/aromatic N) is 5. The third-order valence-corrected chi connectivity index (χ3v) is 7.97. The maximum atomic E-state index is 14.2. The van der Waals surface area contributed by atoms with Crippen molar-refractivity contribution in [2.75, 3.05) is 49.1 Å². The highest BCUT2D eigenvalue weighted by molar-refractivity contribution is 7.98. The van der Waals surface area contributed by atoms with Crippen molar-refractivity contribution in [2.24, 2.45) is 0 Å². The number of anilines is 2. The van der Waals surface area contributed by atoms with Crippen molar-refractivity contribution in [1.82, 2.24) is 14.9 Å². The van der Waals surface area contributed by atoms with E-state index >= 15 is 0 Å². The summed E-state index contributed by atoms with van der Waals surface area (Å²) in [6.45, 7) is 8.82. The smallest absolute Gasteiger partial charge is 0.253 e. The molecule has 36 heavy (non-hydrogen) atoms. The number of carbonyl (C=O) groups excluding carboxylic acids is 1.